The van der Waals surface area contributed by atoms with Gasteiger partial charge in [0, 0.05) is 24.1 Å². The van der Waals surface area contributed by atoms with Crippen LogP contribution in [0.5, 0.6) is 0 Å². The number of anilines is 1. The fraction of sp³-hybridized carbons (Fsp3) is 0.400. The minimum Gasteiger partial charge on any atom is -0.351 e. The largest absolute Gasteiger partial charge is 0.351 e. The monoisotopic (exact) mass is 272 g/mol. The summed E-state index contributed by atoms with van der Waals surface area (Å²) in [5, 5.41) is 2.53. The molecule has 1 aromatic rings. The van der Waals surface area contributed by atoms with Gasteiger partial charge in [0.1, 0.15) is 5.82 Å². The third-order valence-electron chi connectivity index (χ3n) is 2.31. The predicted molar refractivity (Wildman–Crippen MR) is 68.7 cm³/mol. The molecule has 0 radical (unpaired) electrons. The van der Waals surface area contributed by atoms with Crippen LogP contribution in [0.15, 0.2) is 18.3 Å². The summed E-state index contributed by atoms with van der Waals surface area (Å²) in [5.74, 6) is 5.18. The van der Waals surface area contributed by atoms with E-state index in [1.165, 1.54) is 18.3 Å². The van der Waals surface area contributed by atoms with Gasteiger partial charge in [-0.25, -0.2) is 19.2 Å². The summed E-state index contributed by atoms with van der Waals surface area (Å²) in [4.78, 5) is 15.5. The van der Waals surface area contributed by atoms with Gasteiger partial charge in [-0.1, -0.05) is 6.92 Å². The molecule has 0 saturated carbocycles. The van der Waals surface area contributed by atoms with Crippen LogP contribution in [-0.4, -0.2) is 37.4 Å². The van der Waals surface area contributed by atoms with E-state index in [0.717, 1.165) is 0 Å². The number of nitrogen functional groups attached to an aromatic ring is 1. The van der Waals surface area contributed by atoms with E-state index in [4.69, 9.17) is 5.84 Å². The van der Waals surface area contributed by atoms with Gasteiger partial charge in [0.2, 0.25) is 0 Å². The third-order valence-corrected chi connectivity index (χ3v) is 4.01. The van der Waals surface area contributed by atoms with Crippen LogP contribution in [0.1, 0.15) is 17.3 Å². The Bertz CT molecular complexity index is 516. The Balaban J connectivity index is 2.55. The summed E-state index contributed by atoms with van der Waals surface area (Å²) in [6.45, 7) is 1.65. The number of hydrogen-bond donors (Lipinski definition) is 3. The van der Waals surface area contributed by atoms with Crippen molar-refractivity contribution in [2.24, 2.45) is 5.84 Å². The second-order valence-electron chi connectivity index (χ2n) is 3.57. The van der Waals surface area contributed by atoms with Gasteiger partial charge in [-0.3, -0.25) is 4.79 Å². The van der Waals surface area contributed by atoms with E-state index in [-0.39, 0.29) is 24.0 Å². The SMILES string of the molecule is CCS(=O)(=O)CCNC(=O)c1ccnc(NN)c1. The average Bonchev–Trinajstić information content (AvgIpc) is 2.38. The lowest BCUT2D eigenvalue weighted by atomic mass is 10.2. The number of nitrogens with two attached hydrogens (primary N) is 1. The Hall–Kier alpha value is -1.67. The number of aromatic nitrogens is 1. The molecule has 0 atom stereocenters. The molecular formula is C10H16N4O3S. The fourth-order valence-corrected chi connectivity index (χ4v) is 1.92. The number of hydrogen-bond acceptors (Lipinski definition) is 6. The number of carbonyl (C=O) groups is 1. The lowest BCUT2D eigenvalue weighted by molar-refractivity contribution is 0.0956. The van der Waals surface area contributed by atoms with Crippen molar-refractivity contribution in [3.63, 3.8) is 0 Å². The summed E-state index contributed by atoms with van der Waals surface area (Å²) < 4.78 is 22.5. The maximum atomic E-state index is 11.7. The highest BCUT2D eigenvalue weighted by Crippen LogP contribution is 2.04. The maximum Gasteiger partial charge on any atom is 0.251 e. The minimum absolute atomic E-state index is 0.0671. The van der Waals surface area contributed by atoms with Crippen LogP contribution in [0.2, 0.25) is 0 Å². The van der Waals surface area contributed by atoms with Crippen LogP contribution in [0.4, 0.5) is 5.82 Å². The number of pyridine rings is 1. The summed E-state index contributed by atoms with van der Waals surface area (Å²) >= 11 is 0. The third kappa shape index (κ3) is 4.30. The molecule has 0 saturated heterocycles. The first-order valence-corrected chi connectivity index (χ1v) is 7.22. The molecule has 0 spiro atoms. The van der Waals surface area contributed by atoms with Crippen molar-refractivity contribution in [2.75, 3.05) is 23.5 Å². The first-order valence-electron chi connectivity index (χ1n) is 5.40. The molecule has 1 rings (SSSR count). The molecule has 1 aromatic heterocycles. The molecule has 0 aliphatic heterocycles. The van der Waals surface area contributed by atoms with Gasteiger partial charge < -0.3 is 10.7 Å². The highest BCUT2D eigenvalue weighted by atomic mass is 32.2. The lowest BCUT2D eigenvalue weighted by Crippen LogP contribution is -2.29. The van der Waals surface area contributed by atoms with E-state index in [9.17, 15) is 13.2 Å². The quantitative estimate of drug-likeness (QED) is 0.476. The van der Waals surface area contributed by atoms with Gasteiger partial charge in [-0.15, -0.1) is 0 Å². The minimum atomic E-state index is -3.07. The van der Waals surface area contributed by atoms with Crippen molar-refractivity contribution in [1.29, 1.82) is 0 Å². The molecule has 0 aliphatic rings. The second kappa shape index (κ2) is 6.31. The summed E-state index contributed by atoms with van der Waals surface area (Å²) in [6.07, 6.45) is 1.44. The Morgan fingerprint density at radius 1 is 1.50 bits per heavy atom. The van der Waals surface area contributed by atoms with Crippen LogP contribution in [0.3, 0.4) is 0 Å². The second-order valence-corrected chi connectivity index (χ2v) is 6.04. The van der Waals surface area contributed by atoms with Gasteiger partial charge >= 0.3 is 0 Å². The molecule has 4 N–H and O–H groups in total. The number of carbonyl (C=O) groups excluding carboxylic acids is 1. The zero-order valence-electron chi connectivity index (χ0n) is 10.0. The van der Waals surface area contributed by atoms with Crippen molar-refractivity contribution in [3.8, 4) is 0 Å². The van der Waals surface area contributed by atoms with Crippen molar-refractivity contribution in [3.05, 3.63) is 23.9 Å². The molecule has 8 heteroatoms. The number of nitrogens with one attached hydrogen (secondary N) is 2. The Kier molecular flexibility index (Phi) is 5.05. The molecule has 0 aromatic carbocycles. The van der Waals surface area contributed by atoms with Gasteiger partial charge in [-0.2, -0.15) is 0 Å². The predicted octanol–water partition coefficient (Wildman–Crippen LogP) is -0.468. The molecule has 0 unspecified atom stereocenters. The fourth-order valence-electron chi connectivity index (χ4n) is 1.22. The van der Waals surface area contributed by atoms with Crippen LogP contribution in [0.25, 0.3) is 0 Å². The van der Waals surface area contributed by atoms with Crippen molar-refractivity contribution in [1.82, 2.24) is 10.3 Å². The summed E-state index contributed by atoms with van der Waals surface area (Å²) in [5.41, 5.74) is 2.69. The topological polar surface area (TPSA) is 114 Å². The molecule has 1 amide bonds. The van der Waals surface area contributed by atoms with Gasteiger partial charge in [0.05, 0.1) is 5.75 Å². The zero-order chi connectivity index (χ0) is 13.6. The molecule has 0 bridgehead atoms. The van der Waals surface area contributed by atoms with E-state index in [2.05, 4.69) is 15.7 Å². The Morgan fingerprint density at radius 3 is 2.83 bits per heavy atom. The Labute approximate surface area is 106 Å². The average molecular weight is 272 g/mol. The number of amides is 1. The van der Waals surface area contributed by atoms with Crippen LogP contribution >= 0.6 is 0 Å². The maximum absolute atomic E-state index is 11.7. The van der Waals surface area contributed by atoms with Crippen LogP contribution < -0.4 is 16.6 Å². The number of sulfone groups is 1. The first-order chi connectivity index (χ1) is 8.48. The van der Waals surface area contributed by atoms with Crippen LogP contribution in [0, 0.1) is 0 Å². The highest BCUT2D eigenvalue weighted by Gasteiger charge is 2.10. The van der Waals surface area contributed by atoms with E-state index < -0.39 is 9.84 Å². The summed E-state index contributed by atoms with van der Waals surface area (Å²) in [7, 11) is -3.07. The normalized spacial score (nSPS) is 11.0. The molecule has 0 aliphatic carbocycles. The molecule has 0 fully saturated rings. The molecule has 18 heavy (non-hydrogen) atoms. The Morgan fingerprint density at radius 2 is 2.22 bits per heavy atom. The molecule has 100 valence electrons. The van der Waals surface area contributed by atoms with Gasteiger partial charge in [0.15, 0.2) is 9.84 Å². The molecule has 7 nitrogen and oxygen atoms in total. The first kappa shape index (κ1) is 14.4. The van der Waals surface area contributed by atoms with Gasteiger partial charge in [0.25, 0.3) is 5.91 Å². The smallest absolute Gasteiger partial charge is 0.251 e. The van der Waals surface area contributed by atoms with E-state index in [1.54, 1.807) is 6.92 Å². The van der Waals surface area contributed by atoms with Crippen molar-refractivity contribution in [2.45, 2.75) is 6.92 Å². The van der Waals surface area contributed by atoms with Crippen LogP contribution in [-0.2, 0) is 9.84 Å². The van der Waals surface area contributed by atoms with E-state index >= 15 is 0 Å². The molecule has 1 heterocycles. The summed E-state index contributed by atoms with van der Waals surface area (Å²) in [6, 6.07) is 2.99. The van der Waals surface area contributed by atoms with E-state index in [1.807, 2.05) is 0 Å². The highest BCUT2D eigenvalue weighted by molar-refractivity contribution is 7.91. The molecular weight excluding hydrogens is 256 g/mol. The zero-order valence-corrected chi connectivity index (χ0v) is 10.8. The lowest BCUT2D eigenvalue weighted by Gasteiger charge is -2.06. The van der Waals surface area contributed by atoms with E-state index in [0.29, 0.717) is 11.4 Å². The van der Waals surface area contributed by atoms with Crippen molar-refractivity contribution >= 4 is 21.6 Å². The van der Waals surface area contributed by atoms with Crippen molar-refractivity contribution < 1.29 is 13.2 Å². The number of hydrazine groups is 1. The standard InChI is InChI=1S/C10H16N4O3S/c1-2-18(16,17)6-5-13-10(15)8-3-4-12-9(7-8)14-11/h3-4,7H,2,5-6,11H2,1H3,(H,12,14)(H,13,15). The number of rotatable bonds is 6. The number of nitrogens with zero attached hydrogens (tertiary/aromatic N) is 1. The van der Waals surface area contributed by atoms with Gasteiger partial charge in [-0.05, 0) is 12.1 Å².